The number of anilines is 1. The number of aliphatic hydroxyl groups excluding tert-OH is 1. The Balaban J connectivity index is 1.33. The number of unbranched alkanes of at least 4 members (excludes halogenated alkanes) is 1. The molecule has 1 N–H and O–H groups in total. The fourth-order valence-corrected chi connectivity index (χ4v) is 7.39. The van der Waals surface area contributed by atoms with E-state index in [0.29, 0.717) is 51.7 Å². The number of hydrogen-bond acceptors (Lipinski definition) is 10. The lowest BCUT2D eigenvalue weighted by Crippen LogP contribution is -2.29. The Morgan fingerprint density at radius 1 is 0.941 bits per heavy atom. The van der Waals surface area contributed by atoms with Gasteiger partial charge in [0.2, 0.25) is 5.13 Å². The molecule has 12 heteroatoms. The van der Waals surface area contributed by atoms with Crippen LogP contribution in [0.15, 0.2) is 101 Å². The maximum Gasteiger partial charge on any atom is 0.301 e. The summed E-state index contributed by atoms with van der Waals surface area (Å²) in [5.41, 5.74) is 3.77. The van der Waals surface area contributed by atoms with Crippen LogP contribution in [0.5, 0.6) is 17.2 Å². The summed E-state index contributed by atoms with van der Waals surface area (Å²) in [6.45, 7) is 4.95. The van der Waals surface area contributed by atoms with Crippen molar-refractivity contribution < 1.29 is 33.3 Å². The second-order valence-electron chi connectivity index (χ2n) is 11.8. The number of Topliss-reactive ketones (excluding diaryl/α,β-unsaturated/α-hetero) is 1. The Morgan fingerprint density at radius 3 is 2.45 bits per heavy atom. The molecule has 1 aliphatic rings. The van der Waals surface area contributed by atoms with E-state index in [9.17, 15) is 19.1 Å². The largest absolute Gasteiger partial charge is 0.507 e. The third-order valence-corrected chi connectivity index (χ3v) is 10.3. The number of aromatic nitrogens is 2. The number of carbonyl (C=O) groups is 2. The van der Waals surface area contributed by atoms with E-state index in [4.69, 9.17) is 14.2 Å². The van der Waals surface area contributed by atoms with Gasteiger partial charge in [-0.3, -0.25) is 14.5 Å². The highest BCUT2D eigenvalue weighted by Crippen LogP contribution is 2.45. The number of thioether (sulfide) groups is 1. The second kappa shape index (κ2) is 16.2. The molecule has 1 saturated heterocycles. The van der Waals surface area contributed by atoms with Gasteiger partial charge in [-0.1, -0.05) is 84.5 Å². The van der Waals surface area contributed by atoms with Crippen molar-refractivity contribution in [3.05, 3.63) is 130 Å². The van der Waals surface area contributed by atoms with E-state index < -0.39 is 17.7 Å². The maximum absolute atomic E-state index is 13.8. The lowest BCUT2D eigenvalue weighted by Gasteiger charge is -2.23. The van der Waals surface area contributed by atoms with Gasteiger partial charge in [-0.15, -0.1) is 10.2 Å². The lowest BCUT2D eigenvalue weighted by molar-refractivity contribution is -0.132. The summed E-state index contributed by atoms with van der Waals surface area (Å²) in [6.07, 6.45) is 1.82. The Labute approximate surface area is 303 Å². The normalized spacial score (nSPS) is 15.3. The van der Waals surface area contributed by atoms with Crippen LogP contribution in [0.4, 0.5) is 9.52 Å². The molecule has 1 atom stereocenters. The number of hydrogen-bond donors (Lipinski definition) is 1. The van der Waals surface area contributed by atoms with Crippen LogP contribution < -0.4 is 19.1 Å². The fraction of sp³-hybridized carbons (Fsp3) is 0.231. The predicted molar refractivity (Wildman–Crippen MR) is 196 cm³/mol. The highest BCUT2D eigenvalue weighted by Gasteiger charge is 2.48. The van der Waals surface area contributed by atoms with Gasteiger partial charge in [0.05, 0.1) is 25.3 Å². The Bertz CT molecular complexity index is 2050. The number of amides is 1. The van der Waals surface area contributed by atoms with Crippen molar-refractivity contribution in [3.8, 4) is 17.2 Å². The number of halogens is 1. The van der Waals surface area contributed by atoms with E-state index in [1.165, 1.54) is 35.9 Å². The first-order valence-corrected chi connectivity index (χ1v) is 18.2. The number of aryl methyl sites for hydroxylation is 1. The van der Waals surface area contributed by atoms with E-state index in [2.05, 4.69) is 17.1 Å². The molecule has 2 heterocycles. The van der Waals surface area contributed by atoms with Gasteiger partial charge >= 0.3 is 5.91 Å². The molecule has 1 fully saturated rings. The lowest BCUT2D eigenvalue weighted by atomic mass is 9.95. The average Bonchev–Trinajstić information content (AvgIpc) is 3.72. The molecular formula is C39H36FN3O6S2. The Kier molecular flexibility index (Phi) is 11.3. The molecule has 0 radical (unpaired) electrons. The van der Waals surface area contributed by atoms with Crippen LogP contribution in [0, 0.1) is 12.7 Å². The van der Waals surface area contributed by atoms with Crippen LogP contribution in [0.3, 0.4) is 0 Å². The molecule has 4 aromatic carbocycles. The summed E-state index contributed by atoms with van der Waals surface area (Å²) in [4.78, 5) is 28.9. The summed E-state index contributed by atoms with van der Waals surface area (Å²) in [7, 11) is 1.51. The van der Waals surface area contributed by atoms with Crippen molar-refractivity contribution in [2.45, 2.75) is 49.4 Å². The molecule has 0 spiro atoms. The van der Waals surface area contributed by atoms with Crippen molar-refractivity contribution in [3.63, 3.8) is 0 Å². The zero-order valence-electron chi connectivity index (χ0n) is 28.3. The number of ether oxygens (including phenoxy) is 3. The van der Waals surface area contributed by atoms with Gasteiger partial charge in [-0.25, -0.2) is 4.39 Å². The van der Waals surface area contributed by atoms with E-state index in [1.807, 2.05) is 31.2 Å². The first kappa shape index (κ1) is 35.6. The smallest absolute Gasteiger partial charge is 0.301 e. The van der Waals surface area contributed by atoms with Crippen LogP contribution >= 0.6 is 23.1 Å². The van der Waals surface area contributed by atoms with Gasteiger partial charge in [0.1, 0.15) is 23.9 Å². The predicted octanol–water partition coefficient (Wildman–Crippen LogP) is 8.67. The van der Waals surface area contributed by atoms with Gasteiger partial charge in [0.15, 0.2) is 15.8 Å². The van der Waals surface area contributed by atoms with Gasteiger partial charge in [0.25, 0.3) is 5.78 Å². The van der Waals surface area contributed by atoms with Crippen LogP contribution in [-0.4, -0.2) is 40.7 Å². The number of rotatable bonds is 14. The maximum atomic E-state index is 13.8. The minimum Gasteiger partial charge on any atom is -0.507 e. The Hall–Kier alpha value is -5.20. The topological polar surface area (TPSA) is 111 Å². The molecule has 1 amide bonds. The first-order valence-electron chi connectivity index (χ1n) is 16.4. The summed E-state index contributed by atoms with van der Waals surface area (Å²) in [6, 6.07) is 25.0. The van der Waals surface area contributed by atoms with Crippen LogP contribution in [0.1, 0.15) is 53.6 Å². The van der Waals surface area contributed by atoms with Crippen molar-refractivity contribution in [2.24, 2.45) is 0 Å². The number of benzene rings is 4. The third-order valence-electron chi connectivity index (χ3n) is 8.20. The van der Waals surface area contributed by atoms with E-state index in [-0.39, 0.29) is 22.3 Å². The quantitative estimate of drug-likeness (QED) is 0.0300. The second-order valence-corrected chi connectivity index (χ2v) is 14.0. The number of aliphatic hydroxyl groups is 1. The van der Waals surface area contributed by atoms with Gasteiger partial charge < -0.3 is 19.3 Å². The Morgan fingerprint density at radius 2 is 1.73 bits per heavy atom. The third kappa shape index (κ3) is 8.24. The highest BCUT2D eigenvalue weighted by molar-refractivity contribution is 8.00. The molecule has 1 unspecified atom stereocenters. The molecule has 5 aromatic rings. The molecule has 9 nitrogen and oxygen atoms in total. The number of methoxy groups -OCH3 is 1. The van der Waals surface area contributed by atoms with Crippen LogP contribution in [0.2, 0.25) is 0 Å². The molecule has 262 valence electrons. The van der Waals surface area contributed by atoms with Crippen molar-refractivity contribution >= 4 is 45.7 Å². The minimum atomic E-state index is -1.05. The zero-order chi connectivity index (χ0) is 35.9. The van der Waals surface area contributed by atoms with Gasteiger partial charge in [-0.05, 0) is 78.6 Å². The number of nitrogens with zero attached hydrogens (tertiary/aromatic N) is 3. The molecule has 51 heavy (non-hydrogen) atoms. The van der Waals surface area contributed by atoms with Crippen LogP contribution in [-0.2, 0) is 21.9 Å². The van der Waals surface area contributed by atoms with Gasteiger partial charge in [0, 0.05) is 11.3 Å². The average molecular weight is 726 g/mol. The monoisotopic (exact) mass is 725 g/mol. The van der Waals surface area contributed by atoms with Crippen molar-refractivity contribution in [1.29, 1.82) is 0 Å². The standard InChI is InChI=1S/C39H36FN3O6S2/c1-4-5-19-48-31-18-13-28(21-32(31)47-3)34-33(35(44)27-11-16-30(17-12-27)49-22-26-8-6-7-24(2)20-26)36(45)37(46)43(34)38-41-42-39(51-38)50-23-25-9-14-29(40)15-10-25/h6-18,20-21,34,44H,4-5,19,22-23H2,1-3H3. The molecule has 1 aromatic heterocycles. The number of ketones is 1. The van der Waals surface area contributed by atoms with E-state index in [0.717, 1.165) is 40.9 Å². The summed E-state index contributed by atoms with van der Waals surface area (Å²) in [5, 5.41) is 20.5. The van der Waals surface area contributed by atoms with Gasteiger partial charge in [-0.2, -0.15) is 0 Å². The molecule has 6 rings (SSSR count). The van der Waals surface area contributed by atoms with Crippen molar-refractivity contribution in [1.82, 2.24) is 10.2 Å². The van der Waals surface area contributed by atoms with E-state index >= 15 is 0 Å². The first-order chi connectivity index (χ1) is 24.7. The molecule has 0 bridgehead atoms. The van der Waals surface area contributed by atoms with Crippen LogP contribution in [0.25, 0.3) is 5.76 Å². The summed E-state index contributed by atoms with van der Waals surface area (Å²) in [5.74, 6) is -0.379. The van der Waals surface area contributed by atoms with Crippen molar-refractivity contribution in [2.75, 3.05) is 18.6 Å². The molecule has 0 saturated carbocycles. The number of carbonyl (C=O) groups excluding carboxylic acids is 2. The molecule has 1 aliphatic heterocycles. The zero-order valence-corrected chi connectivity index (χ0v) is 29.9. The highest BCUT2D eigenvalue weighted by atomic mass is 32.2. The molecular weight excluding hydrogens is 690 g/mol. The SMILES string of the molecule is CCCCOc1ccc(C2C(=C(O)c3ccc(OCc4cccc(C)c4)cc3)C(=O)C(=O)N2c2nnc(SCc3ccc(F)cc3)s2)cc1OC. The summed E-state index contributed by atoms with van der Waals surface area (Å²) < 4.78 is 31.5. The summed E-state index contributed by atoms with van der Waals surface area (Å²) >= 11 is 2.52. The van der Waals surface area contributed by atoms with E-state index in [1.54, 1.807) is 54.6 Å². The minimum absolute atomic E-state index is 0.106. The fourth-order valence-electron chi connectivity index (χ4n) is 5.56. The molecule has 0 aliphatic carbocycles.